The van der Waals surface area contributed by atoms with Gasteiger partial charge in [0.25, 0.3) is 5.91 Å². The summed E-state index contributed by atoms with van der Waals surface area (Å²) in [5.74, 6) is -0.0875. The van der Waals surface area contributed by atoms with Gasteiger partial charge in [0.2, 0.25) is 0 Å². The van der Waals surface area contributed by atoms with Crippen molar-refractivity contribution in [3.05, 3.63) is 23.5 Å². The van der Waals surface area contributed by atoms with Crippen LogP contribution in [0.4, 0.5) is 5.69 Å². The molecule has 2 unspecified atom stereocenters. The molecule has 6 heteroatoms. The van der Waals surface area contributed by atoms with E-state index in [0.29, 0.717) is 18.7 Å². The Balaban J connectivity index is 2.22. The van der Waals surface area contributed by atoms with E-state index in [0.717, 1.165) is 11.4 Å². The van der Waals surface area contributed by atoms with Crippen molar-refractivity contribution in [1.29, 1.82) is 0 Å². The molecule has 1 aromatic heterocycles. The van der Waals surface area contributed by atoms with Gasteiger partial charge in [-0.2, -0.15) is 0 Å². The van der Waals surface area contributed by atoms with Crippen LogP contribution in [0, 0.1) is 6.92 Å². The van der Waals surface area contributed by atoms with Gasteiger partial charge in [-0.15, -0.1) is 0 Å². The lowest BCUT2D eigenvalue weighted by Crippen LogP contribution is -2.50. The molecule has 2 heterocycles. The molecule has 0 aliphatic carbocycles. The minimum absolute atomic E-state index is 0.0821. The number of aliphatic hydroxyl groups is 1. The minimum atomic E-state index is -0.320. The highest BCUT2D eigenvalue weighted by Gasteiger charge is 2.29. The third kappa shape index (κ3) is 3.08. The second-order valence-electron chi connectivity index (χ2n) is 5.08. The van der Waals surface area contributed by atoms with Gasteiger partial charge in [0.1, 0.15) is 0 Å². The maximum Gasteiger partial charge on any atom is 0.257 e. The largest absolute Gasteiger partial charge is 0.394 e. The highest BCUT2D eigenvalue weighted by atomic mass is 16.5. The summed E-state index contributed by atoms with van der Waals surface area (Å²) in [6, 6.07) is 1.85. The average molecular weight is 279 g/mol. The van der Waals surface area contributed by atoms with E-state index in [1.54, 1.807) is 18.1 Å². The summed E-state index contributed by atoms with van der Waals surface area (Å²) in [5.41, 5.74) is 2.17. The molecule has 6 nitrogen and oxygen atoms in total. The predicted molar refractivity (Wildman–Crippen MR) is 75.8 cm³/mol. The number of ether oxygens (including phenoxy) is 1. The first-order valence-corrected chi connectivity index (χ1v) is 6.75. The van der Waals surface area contributed by atoms with Crippen molar-refractivity contribution >= 4 is 11.6 Å². The van der Waals surface area contributed by atoms with Crippen molar-refractivity contribution in [2.45, 2.75) is 26.1 Å². The van der Waals surface area contributed by atoms with Gasteiger partial charge in [-0.1, -0.05) is 0 Å². The van der Waals surface area contributed by atoms with Gasteiger partial charge in [0.05, 0.1) is 30.1 Å². The van der Waals surface area contributed by atoms with Crippen LogP contribution in [0.1, 0.15) is 23.0 Å². The lowest BCUT2D eigenvalue weighted by Gasteiger charge is -2.36. The summed E-state index contributed by atoms with van der Waals surface area (Å²) in [5, 5.41) is 12.3. The van der Waals surface area contributed by atoms with Gasteiger partial charge in [-0.25, -0.2) is 0 Å². The second kappa shape index (κ2) is 6.19. The van der Waals surface area contributed by atoms with Gasteiger partial charge in [0, 0.05) is 32.0 Å². The number of morpholine rings is 1. The van der Waals surface area contributed by atoms with Crippen LogP contribution in [-0.2, 0) is 4.74 Å². The van der Waals surface area contributed by atoms with Crippen LogP contribution in [0.2, 0.25) is 0 Å². The monoisotopic (exact) mass is 279 g/mol. The van der Waals surface area contributed by atoms with E-state index in [9.17, 15) is 9.90 Å². The van der Waals surface area contributed by atoms with Gasteiger partial charge >= 0.3 is 0 Å². The molecule has 0 bridgehead atoms. The summed E-state index contributed by atoms with van der Waals surface area (Å²) >= 11 is 0. The lowest BCUT2D eigenvalue weighted by atomic mass is 10.1. The average Bonchev–Trinajstić information content (AvgIpc) is 2.45. The number of aryl methyl sites for hydroxylation is 1. The van der Waals surface area contributed by atoms with Crippen LogP contribution in [0.25, 0.3) is 0 Å². The zero-order valence-electron chi connectivity index (χ0n) is 12.1. The number of nitrogens with one attached hydrogen (secondary N) is 1. The van der Waals surface area contributed by atoms with Gasteiger partial charge in [0.15, 0.2) is 0 Å². The van der Waals surface area contributed by atoms with Gasteiger partial charge < -0.3 is 20.1 Å². The lowest BCUT2D eigenvalue weighted by molar-refractivity contribution is -0.0858. The minimum Gasteiger partial charge on any atom is -0.394 e. The van der Waals surface area contributed by atoms with Crippen molar-refractivity contribution < 1.29 is 14.6 Å². The number of aromatic nitrogens is 1. The number of pyridine rings is 1. The zero-order valence-corrected chi connectivity index (χ0v) is 12.1. The van der Waals surface area contributed by atoms with Crippen molar-refractivity contribution in [3.8, 4) is 0 Å². The Bertz CT molecular complexity index is 493. The quantitative estimate of drug-likeness (QED) is 0.850. The fourth-order valence-electron chi connectivity index (χ4n) is 2.42. The zero-order chi connectivity index (χ0) is 14.7. The molecular weight excluding hydrogens is 258 g/mol. The Morgan fingerprint density at radius 2 is 2.35 bits per heavy atom. The summed E-state index contributed by atoms with van der Waals surface area (Å²) in [6.07, 6.45) is 1.19. The van der Waals surface area contributed by atoms with Crippen LogP contribution >= 0.6 is 0 Å². The molecule has 1 saturated heterocycles. The van der Waals surface area contributed by atoms with E-state index in [1.807, 2.05) is 19.9 Å². The normalized spacial score (nSPS) is 22.7. The van der Waals surface area contributed by atoms with E-state index in [1.165, 1.54) is 0 Å². The van der Waals surface area contributed by atoms with Crippen LogP contribution in [-0.4, -0.2) is 59.8 Å². The molecule has 2 atom stereocenters. The molecule has 0 saturated carbocycles. The molecule has 1 aliphatic rings. The van der Waals surface area contributed by atoms with Gasteiger partial charge in [-0.3, -0.25) is 9.78 Å². The first-order chi connectivity index (χ1) is 9.55. The standard InChI is InChI=1S/C14H21N3O3/c1-9-4-13(15-3)12(5-16-9)14(19)17-6-10(2)20-11(7-17)8-18/h4-5,10-11,18H,6-8H2,1-3H3,(H,15,16). The molecule has 1 aromatic rings. The van der Waals surface area contributed by atoms with E-state index >= 15 is 0 Å². The Morgan fingerprint density at radius 1 is 1.60 bits per heavy atom. The number of anilines is 1. The van der Waals surface area contributed by atoms with Gasteiger partial charge in [-0.05, 0) is 19.9 Å². The fourth-order valence-corrected chi connectivity index (χ4v) is 2.42. The number of aliphatic hydroxyl groups excluding tert-OH is 1. The van der Waals surface area contributed by atoms with E-state index in [4.69, 9.17) is 4.74 Å². The molecule has 1 amide bonds. The number of hydrogen-bond acceptors (Lipinski definition) is 5. The van der Waals surface area contributed by atoms with Crippen molar-refractivity contribution in [2.75, 3.05) is 32.1 Å². The highest BCUT2D eigenvalue weighted by Crippen LogP contribution is 2.20. The van der Waals surface area contributed by atoms with Crippen molar-refractivity contribution in [3.63, 3.8) is 0 Å². The Hall–Kier alpha value is -1.66. The Labute approximate surface area is 118 Å². The molecule has 1 fully saturated rings. The van der Waals surface area contributed by atoms with E-state index in [-0.39, 0.29) is 24.7 Å². The molecule has 0 aromatic carbocycles. The number of hydrogen-bond donors (Lipinski definition) is 2. The molecule has 0 radical (unpaired) electrons. The third-order valence-corrected chi connectivity index (χ3v) is 3.36. The number of nitrogens with zero attached hydrogens (tertiary/aromatic N) is 2. The SMILES string of the molecule is CNc1cc(C)ncc1C(=O)N1CC(C)OC(CO)C1. The second-order valence-corrected chi connectivity index (χ2v) is 5.08. The third-order valence-electron chi connectivity index (χ3n) is 3.36. The van der Waals surface area contributed by atoms with Crippen LogP contribution in [0.3, 0.4) is 0 Å². The van der Waals surface area contributed by atoms with Crippen LogP contribution < -0.4 is 5.32 Å². The van der Waals surface area contributed by atoms with Crippen molar-refractivity contribution in [2.24, 2.45) is 0 Å². The number of amides is 1. The first-order valence-electron chi connectivity index (χ1n) is 6.75. The van der Waals surface area contributed by atoms with Crippen molar-refractivity contribution in [1.82, 2.24) is 9.88 Å². The summed E-state index contributed by atoms with van der Waals surface area (Å²) in [6.45, 7) is 4.62. The maximum atomic E-state index is 12.6. The number of carbonyl (C=O) groups excluding carboxylic acids is 1. The smallest absolute Gasteiger partial charge is 0.257 e. The highest BCUT2D eigenvalue weighted by molar-refractivity contribution is 5.99. The predicted octanol–water partition coefficient (Wildman–Crippen LogP) is 0.654. The molecule has 0 spiro atoms. The molecule has 110 valence electrons. The summed E-state index contributed by atoms with van der Waals surface area (Å²) in [7, 11) is 1.78. The number of rotatable bonds is 3. The molecule has 1 aliphatic heterocycles. The topological polar surface area (TPSA) is 74.7 Å². The summed E-state index contributed by atoms with van der Waals surface area (Å²) < 4.78 is 5.55. The maximum absolute atomic E-state index is 12.6. The molecule has 2 N–H and O–H groups in total. The number of carbonyl (C=O) groups is 1. The van der Waals surface area contributed by atoms with E-state index in [2.05, 4.69) is 10.3 Å². The van der Waals surface area contributed by atoms with E-state index < -0.39 is 0 Å². The van der Waals surface area contributed by atoms with Crippen LogP contribution in [0.5, 0.6) is 0 Å². The summed E-state index contributed by atoms with van der Waals surface area (Å²) in [4.78, 5) is 18.5. The van der Waals surface area contributed by atoms with Crippen LogP contribution in [0.15, 0.2) is 12.3 Å². The first kappa shape index (κ1) is 14.7. The Morgan fingerprint density at radius 3 is 3.00 bits per heavy atom. The molecule has 20 heavy (non-hydrogen) atoms. The Kier molecular flexibility index (Phi) is 4.57. The molecule has 2 rings (SSSR count). The molecular formula is C14H21N3O3. The fraction of sp³-hybridized carbons (Fsp3) is 0.571.